The lowest BCUT2D eigenvalue weighted by Gasteiger charge is -2.46. The van der Waals surface area contributed by atoms with E-state index in [1.807, 2.05) is 6.92 Å². The molecule has 52 heavy (non-hydrogen) atoms. The van der Waals surface area contributed by atoms with E-state index in [1.165, 1.54) is 0 Å². The third kappa shape index (κ3) is 8.21. The van der Waals surface area contributed by atoms with Gasteiger partial charge in [0.15, 0.2) is 18.0 Å². The van der Waals surface area contributed by atoms with Gasteiger partial charge in [-0.2, -0.15) is 0 Å². The summed E-state index contributed by atoms with van der Waals surface area (Å²) in [6.45, 7) is 3.10. The summed E-state index contributed by atoms with van der Waals surface area (Å²) in [4.78, 5) is 26.9. The highest BCUT2D eigenvalue weighted by Crippen LogP contribution is 2.56. The van der Waals surface area contributed by atoms with E-state index >= 15 is 0 Å². The molecule has 5 aliphatic rings. The lowest BCUT2D eigenvalue weighted by molar-refractivity contribution is -0.314. The van der Waals surface area contributed by atoms with E-state index in [9.17, 15) is 40.3 Å². The van der Waals surface area contributed by atoms with Crippen molar-refractivity contribution in [3.05, 3.63) is 35.9 Å². The number of carbonyl (C=O) groups excluding carboxylic acids is 2. The second-order valence-corrected chi connectivity index (χ2v) is 15.8. The van der Waals surface area contributed by atoms with Gasteiger partial charge in [0.05, 0.1) is 30.5 Å². The van der Waals surface area contributed by atoms with Gasteiger partial charge in [-0.3, -0.25) is 10.0 Å². The molecule has 14 nitrogen and oxygen atoms in total. The van der Waals surface area contributed by atoms with Crippen LogP contribution in [0, 0.1) is 23.7 Å². The topological polar surface area (TPSA) is 214 Å². The molecular weight excluding hydrogens is 678 g/mol. The van der Waals surface area contributed by atoms with E-state index in [2.05, 4.69) is 0 Å². The largest absolute Gasteiger partial charge is 0.453 e. The molecule has 2 aliphatic heterocycles. The van der Waals surface area contributed by atoms with Gasteiger partial charge in [-0.15, -0.1) is 0 Å². The number of hydrogen-bond donors (Lipinski definition) is 7. The number of rotatable bonds is 12. The summed E-state index contributed by atoms with van der Waals surface area (Å²) in [6.07, 6.45) is -3.63. The average molecular weight is 736 g/mol. The number of amides is 1. The molecular formula is C38H57NO13. The van der Waals surface area contributed by atoms with Crippen molar-refractivity contribution in [2.45, 2.75) is 157 Å². The van der Waals surface area contributed by atoms with E-state index in [1.54, 1.807) is 42.7 Å². The van der Waals surface area contributed by atoms with Crippen molar-refractivity contribution in [3.8, 4) is 0 Å². The van der Waals surface area contributed by atoms with Gasteiger partial charge in [0.1, 0.15) is 36.6 Å². The lowest BCUT2D eigenvalue weighted by atomic mass is 9.76. The zero-order valence-corrected chi connectivity index (χ0v) is 30.1. The van der Waals surface area contributed by atoms with E-state index in [0.29, 0.717) is 19.3 Å². The fourth-order valence-corrected chi connectivity index (χ4v) is 9.28. The second kappa shape index (κ2) is 17.1. The standard InChI is InChI=1S/C38H57NO13/c1-20-10-9-15-23(32(20)51-36-31(44)30(43)28(41)21(2)48-36)16-17-26-33(50-35(45)24-13-7-4-8-14-24)34(29(42)27(19-40)49-26)52-38(37(46)39-47)18-25(38)22-11-5-3-6-12-22/h4,7-8,13-14,20-23,25-34,36,40-44,47H,3,5-6,9-12,15-19H2,1-2H3,(H,39,46). The van der Waals surface area contributed by atoms with Crippen LogP contribution in [0.25, 0.3) is 0 Å². The molecule has 0 spiro atoms. The summed E-state index contributed by atoms with van der Waals surface area (Å²) >= 11 is 0. The molecule has 7 N–H and O–H groups in total. The maximum atomic E-state index is 13.6. The minimum Gasteiger partial charge on any atom is -0.453 e. The first-order valence-corrected chi connectivity index (χ1v) is 19.2. The monoisotopic (exact) mass is 735 g/mol. The van der Waals surface area contributed by atoms with Crippen molar-refractivity contribution in [3.63, 3.8) is 0 Å². The van der Waals surface area contributed by atoms with Crippen LogP contribution >= 0.6 is 0 Å². The molecule has 1 aromatic carbocycles. The highest BCUT2D eigenvalue weighted by molar-refractivity contribution is 5.89. The van der Waals surface area contributed by atoms with Crippen LogP contribution in [0.1, 0.15) is 94.8 Å². The minimum absolute atomic E-state index is 0.0689. The summed E-state index contributed by atoms with van der Waals surface area (Å²) in [7, 11) is 0. The molecule has 2 saturated heterocycles. The van der Waals surface area contributed by atoms with Gasteiger partial charge in [-0.25, -0.2) is 10.3 Å². The molecule has 292 valence electrons. The first-order valence-electron chi connectivity index (χ1n) is 19.2. The van der Waals surface area contributed by atoms with E-state index in [0.717, 1.165) is 51.4 Å². The van der Waals surface area contributed by atoms with Crippen LogP contribution < -0.4 is 5.48 Å². The Morgan fingerprint density at radius 2 is 1.56 bits per heavy atom. The molecule has 0 bridgehead atoms. The minimum atomic E-state index is -1.47. The number of hydrogen-bond acceptors (Lipinski definition) is 13. The number of carbonyl (C=O) groups is 2. The van der Waals surface area contributed by atoms with Crippen LogP contribution in [0.4, 0.5) is 0 Å². The Labute approximate surface area is 304 Å². The van der Waals surface area contributed by atoms with Crippen LogP contribution in [-0.4, -0.2) is 122 Å². The van der Waals surface area contributed by atoms with Crippen LogP contribution in [0.5, 0.6) is 0 Å². The first kappa shape index (κ1) is 39.5. The Hall–Kier alpha value is -2.24. The van der Waals surface area contributed by atoms with Crippen molar-refractivity contribution in [2.75, 3.05) is 6.61 Å². The van der Waals surface area contributed by atoms with Crippen LogP contribution in [0.3, 0.4) is 0 Å². The Balaban J connectivity index is 1.25. The second-order valence-electron chi connectivity index (χ2n) is 15.8. The Kier molecular flexibility index (Phi) is 12.9. The molecule has 15 unspecified atom stereocenters. The molecule has 0 aromatic heterocycles. The molecule has 3 saturated carbocycles. The number of ether oxygens (including phenoxy) is 5. The molecule has 6 rings (SSSR count). The molecule has 15 atom stereocenters. The summed E-state index contributed by atoms with van der Waals surface area (Å²) in [6, 6.07) is 8.38. The maximum absolute atomic E-state index is 13.6. The lowest BCUT2D eigenvalue weighted by Crippen LogP contribution is -2.62. The number of aliphatic hydroxyl groups is 5. The predicted molar refractivity (Wildman–Crippen MR) is 183 cm³/mol. The Bertz CT molecular complexity index is 1330. The van der Waals surface area contributed by atoms with Crippen LogP contribution in [0.2, 0.25) is 0 Å². The van der Waals surface area contributed by atoms with Gasteiger partial charge in [0, 0.05) is 5.92 Å². The highest BCUT2D eigenvalue weighted by Gasteiger charge is 2.67. The van der Waals surface area contributed by atoms with Gasteiger partial charge in [0.25, 0.3) is 5.91 Å². The molecule has 1 amide bonds. The first-order chi connectivity index (χ1) is 25.0. The van der Waals surface area contributed by atoms with Gasteiger partial charge in [-0.05, 0) is 68.9 Å². The van der Waals surface area contributed by atoms with Crippen molar-refractivity contribution in [1.29, 1.82) is 0 Å². The van der Waals surface area contributed by atoms with Crippen molar-refractivity contribution < 1.29 is 64.0 Å². The van der Waals surface area contributed by atoms with E-state index in [4.69, 9.17) is 23.7 Å². The molecule has 5 fully saturated rings. The third-order valence-corrected chi connectivity index (χ3v) is 12.4. The molecule has 1 aromatic rings. The smallest absolute Gasteiger partial charge is 0.338 e. The number of benzene rings is 1. The van der Waals surface area contributed by atoms with Gasteiger partial charge < -0.3 is 49.2 Å². The summed E-state index contributed by atoms with van der Waals surface area (Å²) in [5, 5.41) is 63.1. The molecule has 2 heterocycles. The summed E-state index contributed by atoms with van der Waals surface area (Å²) in [5.41, 5.74) is 0.600. The zero-order chi connectivity index (χ0) is 37.2. The maximum Gasteiger partial charge on any atom is 0.338 e. The van der Waals surface area contributed by atoms with Crippen molar-refractivity contribution in [2.24, 2.45) is 23.7 Å². The molecule has 14 heteroatoms. The highest BCUT2D eigenvalue weighted by atomic mass is 16.7. The van der Waals surface area contributed by atoms with Gasteiger partial charge >= 0.3 is 5.97 Å². The van der Waals surface area contributed by atoms with E-state index < -0.39 is 85.3 Å². The number of aliphatic hydroxyl groups excluding tert-OH is 5. The molecule has 3 aliphatic carbocycles. The predicted octanol–water partition coefficient (Wildman–Crippen LogP) is 1.99. The quantitative estimate of drug-likeness (QED) is 0.0931. The molecule has 0 radical (unpaired) electrons. The third-order valence-electron chi connectivity index (χ3n) is 12.4. The van der Waals surface area contributed by atoms with Crippen LogP contribution in [-0.2, 0) is 28.5 Å². The number of hydroxylamine groups is 1. The SMILES string of the molecule is CC1CCCC(CCC2OC(CO)C(O)C(OC3(C(=O)NO)CC3C3CCCCC3)C2OC(=O)c2ccccc2)C1OC1OC(C)C(O)C(O)C1O. The number of esters is 1. The number of nitrogens with one attached hydrogen (secondary N) is 1. The summed E-state index contributed by atoms with van der Waals surface area (Å²) < 4.78 is 31.2. The Morgan fingerprint density at radius 3 is 2.25 bits per heavy atom. The van der Waals surface area contributed by atoms with Gasteiger partial charge in [-0.1, -0.05) is 63.6 Å². The normalized spacial score (nSPS) is 42.7. The van der Waals surface area contributed by atoms with Crippen molar-refractivity contribution >= 4 is 11.9 Å². The summed E-state index contributed by atoms with van der Waals surface area (Å²) in [5.74, 6) is -1.40. The van der Waals surface area contributed by atoms with Crippen molar-refractivity contribution in [1.82, 2.24) is 5.48 Å². The van der Waals surface area contributed by atoms with Crippen LogP contribution in [0.15, 0.2) is 30.3 Å². The zero-order valence-electron chi connectivity index (χ0n) is 30.1. The average Bonchev–Trinajstić information content (AvgIpc) is 3.90. The van der Waals surface area contributed by atoms with Gasteiger partial charge in [0.2, 0.25) is 0 Å². The fourth-order valence-electron chi connectivity index (χ4n) is 9.28. The Morgan fingerprint density at radius 1 is 0.827 bits per heavy atom. The fraction of sp³-hybridized carbons (Fsp3) is 0.789. The van der Waals surface area contributed by atoms with E-state index in [-0.39, 0.29) is 35.3 Å².